The average molecular weight is 456 g/mol. The van der Waals surface area contributed by atoms with E-state index >= 15 is 0 Å². The maximum atomic E-state index is 12.9. The second-order valence-corrected chi connectivity index (χ2v) is 10.8. The van der Waals surface area contributed by atoms with Gasteiger partial charge in [-0.25, -0.2) is 8.42 Å². The molecular formula is C25H33N3O3S. The lowest BCUT2D eigenvalue weighted by Crippen LogP contribution is -2.35. The first-order valence-electron chi connectivity index (χ1n) is 11.7. The van der Waals surface area contributed by atoms with Crippen LogP contribution in [0.1, 0.15) is 60.0 Å². The van der Waals surface area contributed by atoms with Crippen LogP contribution in [0, 0.1) is 0 Å². The first kappa shape index (κ1) is 23.0. The highest BCUT2D eigenvalue weighted by Gasteiger charge is 2.26. The van der Waals surface area contributed by atoms with E-state index in [2.05, 4.69) is 34.5 Å². The van der Waals surface area contributed by atoms with Crippen LogP contribution in [0.5, 0.6) is 0 Å². The molecule has 0 saturated carbocycles. The van der Waals surface area contributed by atoms with Crippen molar-refractivity contribution in [1.82, 2.24) is 14.5 Å². The van der Waals surface area contributed by atoms with Crippen LogP contribution >= 0.6 is 0 Å². The van der Waals surface area contributed by atoms with Crippen LogP contribution in [0.4, 0.5) is 0 Å². The molecule has 1 amide bonds. The van der Waals surface area contributed by atoms with Gasteiger partial charge in [0, 0.05) is 31.7 Å². The number of likely N-dealkylation sites (tertiary alicyclic amines) is 1. The number of nitrogens with one attached hydrogen (secondary N) is 1. The topological polar surface area (TPSA) is 69.7 Å². The molecule has 2 saturated heterocycles. The van der Waals surface area contributed by atoms with Gasteiger partial charge in [0.1, 0.15) is 0 Å². The van der Waals surface area contributed by atoms with Crippen LogP contribution in [0.3, 0.4) is 0 Å². The lowest BCUT2D eigenvalue weighted by atomic mass is 10.1. The van der Waals surface area contributed by atoms with Crippen LogP contribution < -0.4 is 5.32 Å². The molecular weight excluding hydrogens is 422 g/mol. The summed E-state index contributed by atoms with van der Waals surface area (Å²) in [7, 11) is -3.55. The molecule has 4 rings (SSSR count). The molecule has 1 N–H and O–H groups in total. The Morgan fingerprint density at radius 1 is 0.812 bits per heavy atom. The summed E-state index contributed by atoms with van der Waals surface area (Å²) in [5.41, 5.74) is 2.68. The van der Waals surface area contributed by atoms with Gasteiger partial charge in [-0.2, -0.15) is 4.31 Å². The molecule has 0 unspecified atom stereocenters. The van der Waals surface area contributed by atoms with Gasteiger partial charge >= 0.3 is 0 Å². The van der Waals surface area contributed by atoms with Crippen LogP contribution in [0.25, 0.3) is 0 Å². The zero-order valence-corrected chi connectivity index (χ0v) is 19.4. The SMILES string of the molecule is O=C(NCc1ccc(CN2CCCCC2)cc1)c1cccc(S(=O)(=O)N2CCCCC2)c1. The van der Waals surface area contributed by atoms with Gasteiger partial charge in [-0.3, -0.25) is 9.69 Å². The third-order valence-electron chi connectivity index (χ3n) is 6.38. The van der Waals surface area contributed by atoms with Crippen LogP contribution in [-0.4, -0.2) is 49.7 Å². The Morgan fingerprint density at radius 3 is 2.12 bits per heavy atom. The molecule has 2 fully saturated rings. The molecule has 2 heterocycles. The van der Waals surface area contributed by atoms with Crippen molar-refractivity contribution in [2.24, 2.45) is 0 Å². The van der Waals surface area contributed by atoms with Crippen LogP contribution in [0.15, 0.2) is 53.4 Å². The number of hydrogen-bond acceptors (Lipinski definition) is 4. The zero-order chi connectivity index (χ0) is 22.4. The first-order valence-corrected chi connectivity index (χ1v) is 13.1. The minimum absolute atomic E-state index is 0.189. The Kier molecular flexibility index (Phi) is 7.60. The second kappa shape index (κ2) is 10.6. The van der Waals surface area contributed by atoms with Gasteiger partial charge in [0.15, 0.2) is 0 Å². The normalized spacial score (nSPS) is 18.4. The van der Waals surface area contributed by atoms with E-state index in [9.17, 15) is 13.2 Å². The summed E-state index contributed by atoms with van der Waals surface area (Å²) < 4.78 is 27.3. The van der Waals surface area contributed by atoms with Crippen molar-refractivity contribution in [3.8, 4) is 0 Å². The van der Waals surface area contributed by atoms with Crippen molar-refractivity contribution in [2.45, 2.75) is 56.5 Å². The molecule has 2 aliphatic heterocycles. The van der Waals surface area contributed by atoms with E-state index < -0.39 is 10.0 Å². The molecule has 2 aromatic rings. The molecule has 2 aliphatic rings. The molecule has 0 atom stereocenters. The highest BCUT2D eigenvalue weighted by atomic mass is 32.2. The Labute approximate surface area is 191 Å². The number of hydrogen-bond donors (Lipinski definition) is 1. The summed E-state index contributed by atoms with van der Waals surface area (Å²) in [6.45, 7) is 4.82. The predicted octanol–water partition coefficient (Wildman–Crippen LogP) is 3.78. The smallest absolute Gasteiger partial charge is 0.251 e. The summed E-state index contributed by atoms with van der Waals surface area (Å²) in [6.07, 6.45) is 6.73. The van der Waals surface area contributed by atoms with E-state index in [1.165, 1.54) is 48.3 Å². The van der Waals surface area contributed by atoms with Crippen molar-refractivity contribution in [2.75, 3.05) is 26.2 Å². The van der Waals surface area contributed by atoms with E-state index in [1.807, 2.05) is 0 Å². The van der Waals surface area contributed by atoms with Gasteiger partial charge in [-0.15, -0.1) is 0 Å². The van der Waals surface area contributed by atoms with Gasteiger partial charge in [0.2, 0.25) is 10.0 Å². The largest absolute Gasteiger partial charge is 0.348 e. The molecule has 0 spiro atoms. The standard InChI is InChI=1S/C25H33N3O3S/c29-25(23-8-7-9-24(18-23)32(30,31)28-16-5-2-6-17-28)26-19-21-10-12-22(13-11-21)20-27-14-3-1-4-15-27/h7-13,18H,1-6,14-17,19-20H2,(H,26,29). The molecule has 0 bridgehead atoms. The fourth-order valence-corrected chi connectivity index (χ4v) is 6.04. The average Bonchev–Trinajstić information content (AvgIpc) is 2.85. The number of benzene rings is 2. The highest BCUT2D eigenvalue weighted by Crippen LogP contribution is 2.21. The van der Waals surface area contributed by atoms with Crippen molar-refractivity contribution in [1.29, 1.82) is 0 Å². The maximum Gasteiger partial charge on any atom is 0.251 e. The summed E-state index contributed by atoms with van der Waals surface area (Å²) in [5, 5.41) is 2.92. The third kappa shape index (κ3) is 5.77. The van der Waals surface area contributed by atoms with Crippen LogP contribution in [-0.2, 0) is 23.1 Å². The van der Waals surface area contributed by atoms with E-state index in [0.717, 1.165) is 31.4 Å². The highest BCUT2D eigenvalue weighted by molar-refractivity contribution is 7.89. The maximum absolute atomic E-state index is 12.9. The van der Waals surface area contributed by atoms with E-state index in [0.29, 0.717) is 25.2 Å². The number of nitrogens with zero attached hydrogens (tertiary/aromatic N) is 2. The number of carbonyl (C=O) groups is 1. The number of carbonyl (C=O) groups excluding carboxylic acids is 1. The Morgan fingerprint density at radius 2 is 1.44 bits per heavy atom. The molecule has 6 nitrogen and oxygen atoms in total. The van der Waals surface area contributed by atoms with E-state index in [-0.39, 0.29) is 10.8 Å². The molecule has 0 radical (unpaired) electrons. The summed E-state index contributed by atoms with van der Waals surface area (Å²) in [4.78, 5) is 15.4. The monoisotopic (exact) mass is 455 g/mol. The van der Waals surface area contributed by atoms with Crippen LogP contribution in [0.2, 0.25) is 0 Å². The Balaban J connectivity index is 1.34. The van der Waals surface area contributed by atoms with Crippen molar-refractivity contribution in [3.63, 3.8) is 0 Å². The second-order valence-electron chi connectivity index (χ2n) is 8.83. The molecule has 32 heavy (non-hydrogen) atoms. The van der Waals surface area contributed by atoms with Gasteiger partial charge in [-0.05, 0) is 68.1 Å². The number of sulfonamides is 1. The number of piperidine rings is 2. The predicted molar refractivity (Wildman–Crippen MR) is 126 cm³/mol. The quantitative estimate of drug-likeness (QED) is 0.690. The van der Waals surface area contributed by atoms with Crippen molar-refractivity contribution in [3.05, 3.63) is 65.2 Å². The van der Waals surface area contributed by atoms with Gasteiger partial charge in [-0.1, -0.05) is 43.2 Å². The van der Waals surface area contributed by atoms with Gasteiger partial charge in [0.05, 0.1) is 4.90 Å². The molecule has 0 aliphatic carbocycles. The third-order valence-corrected chi connectivity index (χ3v) is 8.27. The summed E-state index contributed by atoms with van der Waals surface area (Å²) in [5.74, 6) is -0.266. The first-order chi connectivity index (χ1) is 15.5. The number of rotatable bonds is 7. The number of amides is 1. The summed E-state index contributed by atoms with van der Waals surface area (Å²) in [6, 6.07) is 14.7. The van der Waals surface area contributed by atoms with Crippen molar-refractivity contribution < 1.29 is 13.2 Å². The van der Waals surface area contributed by atoms with E-state index in [1.54, 1.807) is 18.2 Å². The van der Waals surface area contributed by atoms with Gasteiger partial charge in [0.25, 0.3) is 5.91 Å². The Hall–Kier alpha value is -2.22. The summed E-state index contributed by atoms with van der Waals surface area (Å²) >= 11 is 0. The Bertz CT molecular complexity index is 1010. The molecule has 7 heteroatoms. The van der Waals surface area contributed by atoms with Gasteiger partial charge < -0.3 is 5.32 Å². The fourth-order valence-electron chi connectivity index (χ4n) is 4.47. The lowest BCUT2D eigenvalue weighted by molar-refractivity contribution is 0.0950. The molecule has 0 aromatic heterocycles. The van der Waals surface area contributed by atoms with E-state index in [4.69, 9.17) is 0 Å². The zero-order valence-electron chi connectivity index (χ0n) is 18.6. The van der Waals surface area contributed by atoms with Crippen molar-refractivity contribution >= 4 is 15.9 Å². The molecule has 2 aromatic carbocycles. The fraction of sp³-hybridized carbons (Fsp3) is 0.480. The molecule has 172 valence electrons. The lowest BCUT2D eigenvalue weighted by Gasteiger charge is -2.26. The minimum Gasteiger partial charge on any atom is -0.348 e. The minimum atomic E-state index is -3.55.